The van der Waals surface area contributed by atoms with Crippen molar-refractivity contribution in [3.8, 4) is 0 Å². The topological polar surface area (TPSA) is 46.3 Å². The van der Waals surface area contributed by atoms with Crippen LogP contribution in [0.4, 0.5) is 5.69 Å². The molecule has 0 aromatic heterocycles. The Morgan fingerprint density at radius 2 is 2.00 bits per heavy atom. The maximum Gasteiger partial charge on any atom is 0.247 e. The van der Waals surface area contributed by atoms with Gasteiger partial charge in [-0.25, -0.2) is 0 Å². The predicted octanol–water partition coefficient (Wildman–Crippen LogP) is 1.69. The van der Waals surface area contributed by atoms with Crippen LogP contribution in [-0.2, 0) is 4.79 Å². The number of nitrogens with zero attached hydrogens (tertiary/aromatic N) is 1. The summed E-state index contributed by atoms with van der Waals surface area (Å²) in [6, 6.07) is 9.72. The lowest BCUT2D eigenvalue weighted by Crippen LogP contribution is -2.35. The van der Waals surface area contributed by atoms with Gasteiger partial charge in [-0.05, 0) is 24.3 Å². The number of allylic oxidation sites excluding steroid dienone is 2. The Hall–Kier alpha value is -1.68. The van der Waals surface area contributed by atoms with Gasteiger partial charge in [0.15, 0.2) is 0 Å². The fraction of sp³-hybridized carbons (Fsp3) is 0.0833. The summed E-state index contributed by atoms with van der Waals surface area (Å²) in [5, 5.41) is -0.329. The van der Waals surface area contributed by atoms with Crippen molar-refractivity contribution < 1.29 is 4.79 Å². The molecule has 1 heterocycles. The van der Waals surface area contributed by atoms with Crippen LogP contribution in [0.25, 0.3) is 0 Å². The van der Waals surface area contributed by atoms with E-state index in [9.17, 15) is 4.79 Å². The van der Waals surface area contributed by atoms with Crippen LogP contribution < -0.4 is 10.6 Å². The van der Waals surface area contributed by atoms with E-state index in [0.29, 0.717) is 5.57 Å². The lowest BCUT2D eigenvalue weighted by atomic mass is 10.1. The molecule has 0 saturated heterocycles. The maximum atomic E-state index is 11.2. The van der Waals surface area contributed by atoms with Crippen molar-refractivity contribution in [3.05, 3.63) is 54.3 Å². The molecule has 1 aliphatic heterocycles. The number of nitrogens with two attached hydrogens (primary N) is 1. The van der Waals surface area contributed by atoms with Crippen molar-refractivity contribution in [1.29, 1.82) is 0 Å². The number of rotatable bonds is 2. The fourth-order valence-corrected chi connectivity index (χ4v) is 2.02. The van der Waals surface area contributed by atoms with Crippen molar-refractivity contribution in [3.63, 3.8) is 0 Å². The molecule has 2 N–H and O–H groups in total. The first-order valence-corrected chi connectivity index (χ1v) is 5.41. The number of amides is 1. The van der Waals surface area contributed by atoms with Crippen LogP contribution in [0.3, 0.4) is 0 Å². The van der Waals surface area contributed by atoms with E-state index in [1.807, 2.05) is 41.4 Å². The number of carbonyl (C=O) groups is 1. The molecule has 3 nitrogen and oxygen atoms in total. The van der Waals surface area contributed by atoms with Crippen LogP contribution in [0.2, 0.25) is 0 Å². The van der Waals surface area contributed by atoms with Crippen LogP contribution >= 0.6 is 12.6 Å². The summed E-state index contributed by atoms with van der Waals surface area (Å²) in [6.45, 7) is 0. The first-order valence-electron chi connectivity index (χ1n) is 4.90. The van der Waals surface area contributed by atoms with Gasteiger partial charge in [-0.15, -0.1) is 12.6 Å². The minimum atomic E-state index is -0.440. The lowest BCUT2D eigenvalue weighted by molar-refractivity contribution is -0.114. The van der Waals surface area contributed by atoms with Gasteiger partial charge in [0.05, 0.1) is 0 Å². The molecule has 1 atom stereocenters. The molecule has 4 heteroatoms. The summed E-state index contributed by atoms with van der Waals surface area (Å²) in [7, 11) is 0. The molecule has 0 spiro atoms. The average Bonchev–Trinajstić information content (AvgIpc) is 2.30. The van der Waals surface area contributed by atoms with Gasteiger partial charge in [-0.3, -0.25) is 4.79 Å². The van der Waals surface area contributed by atoms with E-state index in [-0.39, 0.29) is 5.37 Å². The van der Waals surface area contributed by atoms with Gasteiger partial charge in [0, 0.05) is 17.5 Å². The zero-order valence-electron chi connectivity index (χ0n) is 8.58. The summed E-state index contributed by atoms with van der Waals surface area (Å²) in [6.07, 6.45) is 5.36. The third-order valence-electron chi connectivity index (χ3n) is 2.40. The average molecular weight is 232 g/mol. The molecule has 0 saturated carbocycles. The van der Waals surface area contributed by atoms with Gasteiger partial charge in [0.2, 0.25) is 5.91 Å². The molecule has 1 amide bonds. The van der Waals surface area contributed by atoms with E-state index in [1.165, 1.54) is 0 Å². The predicted molar refractivity (Wildman–Crippen MR) is 68.1 cm³/mol. The maximum absolute atomic E-state index is 11.2. The van der Waals surface area contributed by atoms with Crippen LogP contribution in [0, 0.1) is 0 Å². The molecule has 1 aromatic carbocycles. The molecule has 2 rings (SSSR count). The summed E-state index contributed by atoms with van der Waals surface area (Å²) in [5.41, 5.74) is 6.75. The molecule has 1 aromatic rings. The fourth-order valence-electron chi connectivity index (χ4n) is 1.59. The Balaban J connectivity index is 2.31. The van der Waals surface area contributed by atoms with Crippen LogP contribution in [0.15, 0.2) is 54.3 Å². The Morgan fingerprint density at radius 1 is 1.31 bits per heavy atom. The second-order valence-electron chi connectivity index (χ2n) is 3.44. The van der Waals surface area contributed by atoms with Crippen molar-refractivity contribution in [1.82, 2.24) is 0 Å². The van der Waals surface area contributed by atoms with Crippen LogP contribution in [0.1, 0.15) is 0 Å². The molecule has 1 aliphatic rings. The zero-order chi connectivity index (χ0) is 11.5. The molecule has 0 bridgehead atoms. The Kier molecular flexibility index (Phi) is 3.01. The van der Waals surface area contributed by atoms with E-state index in [4.69, 9.17) is 5.73 Å². The molecule has 0 fully saturated rings. The van der Waals surface area contributed by atoms with E-state index < -0.39 is 5.91 Å². The molecule has 0 aliphatic carbocycles. The van der Waals surface area contributed by atoms with Crippen molar-refractivity contribution >= 4 is 24.2 Å². The Bertz CT molecular complexity index is 453. The van der Waals surface area contributed by atoms with E-state index in [0.717, 1.165) is 5.69 Å². The summed E-state index contributed by atoms with van der Waals surface area (Å²) in [5.74, 6) is -0.440. The number of hydrogen-bond donors (Lipinski definition) is 2. The molecule has 0 radical (unpaired) electrons. The highest BCUT2D eigenvalue weighted by Crippen LogP contribution is 2.26. The molecule has 16 heavy (non-hydrogen) atoms. The third-order valence-corrected chi connectivity index (χ3v) is 2.93. The molecular formula is C12H12N2OS. The van der Waals surface area contributed by atoms with Gasteiger partial charge < -0.3 is 10.6 Å². The summed E-state index contributed by atoms with van der Waals surface area (Å²) >= 11 is 4.41. The second kappa shape index (κ2) is 4.45. The van der Waals surface area contributed by atoms with Crippen LogP contribution in [0.5, 0.6) is 0 Å². The first kappa shape index (κ1) is 10.8. The van der Waals surface area contributed by atoms with Crippen LogP contribution in [-0.4, -0.2) is 11.3 Å². The monoisotopic (exact) mass is 232 g/mol. The van der Waals surface area contributed by atoms with Gasteiger partial charge in [0.1, 0.15) is 5.37 Å². The van der Waals surface area contributed by atoms with Crippen molar-refractivity contribution in [2.45, 2.75) is 5.37 Å². The Labute approximate surface area is 99.7 Å². The number of benzene rings is 1. The number of primary amides is 1. The minimum absolute atomic E-state index is 0.329. The highest BCUT2D eigenvalue weighted by Gasteiger charge is 2.22. The minimum Gasteiger partial charge on any atom is -0.366 e. The quantitative estimate of drug-likeness (QED) is 0.762. The smallest absolute Gasteiger partial charge is 0.247 e. The lowest BCUT2D eigenvalue weighted by Gasteiger charge is -2.30. The number of thiol groups is 1. The molecule has 82 valence electrons. The summed E-state index contributed by atoms with van der Waals surface area (Å²) < 4.78 is 0. The van der Waals surface area contributed by atoms with Gasteiger partial charge in [-0.1, -0.05) is 18.2 Å². The number of carbonyl (C=O) groups excluding carboxylic acids is 1. The van der Waals surface area contributed by atoms with Gasteiger partial charge in [-0.2, -0.15) is 0 Å². The highest BCUT2D eigenvalue weighted by atomic mass is 32.1. The normalized spacial score (nSPS) is 19.4. The van der Waals surface area contributed by atoms with Gasteiger partial charge >= 0.3 is 0 Å². The van der Waals surface area contributed by atoms with E-state index in [1.54, 1.807) is 12.2 Å². The summed E-state index contributed by atoms with van der Waals surface area (Å²) in [4.78, 5) is 13.1. The van der Waals surface area contributed by atoms with E-state index in [2.05, 4.69) is 12.6 Å². The standard InChI is InChI=1S/C12H12N2OS/c13-11(15)10-7-4-8-14(12(10)16)9-5-2-1-3-6-9/h1-8,12,16H,(H2,13,15). The van der Waals surface area contributed by atoms with E-state index >= 15 is 0 Å². The number of para-hydroxylation sites is 1. The SMILES string of the molecule is NC(=O)C1=CC=CN(c2ccccc2)C1S. The Morgan fingerprint density at radius 3 is 2.62 bits per heavy atom. The molecular weight excluding hydrogens is 220 g/mol. The molecule has 1 unspecified atom stereocenters. The first-order chi connectivity index (χ1) is 7.70. The number of hydrogen-bond acceptors (Lipinski definition) is 3. The van der Waals surface area contributed by atoms with Crippen molar-refractivity contribution in [2.24, 2.45) is 5.73 Å². The second-order valence-corrected chi connectivity index (χ2v) is 3.93. The van der Waals surface area contributed by atoms with Gasteiger partial charge in [0.25, 0.3) is 0 Å². The largest absolute Gasteiger partial charge is 0.366 e. The third kappa shape index (κ3) is 1.97. The zero-order valence-corrected chi connectivity index (χ0v) is 9.47. The highest BCUT2D eigenvalue weighted by molar-refractivity contribution is 7.81. The number of anilines is 1. The van der Waals surface area contributed by atoms with Crippen molar-refractivity contribution in [2.75, 3.05) is 4.90 Å².